The summed E-state index contributed by atoms with van der Waals surface area (Å²) in [6, 6.07) is 43.1. The molecule has 0 bridgehead atoms. The summed E-state index contributed by atoms with van der Waals surface area (Å²) in [5, 5.41) is 6.08. The van der Waals surface area contributed by atoms with Crippen molar-refractivity contribution in [2.24, 2.45) is 0 Å². The van der Waals surface area contributed by atoms with Crippen LogP contribution in [0.15, 0.2) is 138 Å². The molecule has 3 aromatic heterocycles. The van der Waals surface area contributed by atoms with Crippen LogP contribution in [0.3, 0.4) is 0 Å². The molecule has 9 rings (SSSR count). The Hall–Kier alpha value is -5.71. The molecule has 3 heterocycles. The molecule has 6 aromatic carbocycles. The number of fused-ring (bicyclic) bond motifs is 7. The maximum Gasteiger partial charge on any atom is 0.227 e. The fourth-order valence-corrected chi connectivity index (χ4v) is 7.91. The maximum atomic E-state index is 6.68. The standard InChI is InChI=1S/C42H28N2OS/c1-3-12-32-37(4-2)46-38-25-33(26-13-6-5-7-14-26)41-40(39(32)38)43-42(45-41)27-19-21-30(22-20-27)44-35-18-11-10-17-31(35)34-23-28-15-8-9-16-29(28)24-36(34)44/h3-25H,2H2,1H3/b12-3-. The number of rotatable bonds is 5. The zero-order chi connectivity index (χ0) is 30.8. The Morgan fingerprint density at radius 3 is 2.26 bits per heavy atom. The molecule has 0 unspecified atom stereocenters. The summed E-state index contributed by atoms with van der Waals surface area (Å²) in [5.74, 6) is 0.609. The summed E-state index contributed by atoms with van der Waals surface area (Å²) >= 11 is 1.74. The Morgan fingerprint density at radius 1 is 0.739 bits per heavy atom. The second-order valence-corrected chi connectivity index (χ2v) is 12.6. The Morgan fingerprint density at radius 2 is 1.48 bits per heavy atom. The number of hydrogen-bond acceptors (Lipinski definition) is 3. The molecule has 46 heavy (non-hydrogen) atoms. The third-order valence-corrected chi connectivity index (χ3v) is 10.0. The largest absolute Gasteiger partial charge is 0.435 e. The van der Waals surface area contributed by atoms with Crippen molar-refractivity contribution < 1.29 is 4.42 Å². The second kappa shape index (κ2) is 10.4. The number of para-hydroxylation sites is 1. The number of benzene rings is 6. The highest BCUT2D eigenvalue weighted by atomic mass is 32.1. The van der Waals surface area contributed by atoms with Gasteiger partial charge in [0.05, 0.1) is 11.0 Å². The summed E-state index contributed by atoms with van der Waals surface area (Å²) in [5.41, 5.74) is 9.36. The minimum atomic E-state index is 0.609. The number of nitrogens with zero attached hydrogens (tertiary/aromatic N) is 2. The molecule has 0 saturated heterocycles. The highest BCUT2D eigenvalue weighted by Gasteiger charge is 2.21. The zero-order valence-corrected chi connectivity index (χ0v) is 26.0. The van der Waals surface area contributed by atoms with Crippen LogP contribution in [0.1, 0.15) is 17.4 Å². The van der Waals surface area contributed by atoms with Crippen LogP contribution in [0, 0.1) is 0 Å². The quantitative estimate of drug-likeness (QED) is 0.195. The van der Waals surface area contributed by atoms with Crippen molar-refractivity contribution in [2.45, 2.75) is 6.92 Å². The first kappa shape index (κ1) is 26.7. The maximum absolute atomic E-state index is 6.68. The highest BCUT2D eigenvalue weighted by molar-refractivity contribution is 7.20. The second-order valence-electron chi connectivity index (χ2n) is 11.6. The van der Waals surface area contributed by atoms with Crippen LogP contribution in [-0.4, -0.2) is 9.55 Å². The Labute approximate surface area is 270 Å². The van der Waals surface area contributed by atoms with Gasteiger partial charge >= 0.3 is 0 Å². The molecule has 9 aromatic rings. The molecular formula is C42H28N2OS. The van der Waals surface area contributed by atoms with E-state index in [1.165, 1.54) is 37.3 Å². The fraction of sp³-hybridized carbons (Fsp3) is 0.0238. The lowest BCUT2D eigenvalue weighted by atomic mass is 10.0. The first-order valence-corrected chi connectivity index (χ1v) is 16.3. The van der Waals surface area contributed by atoms with Crippen LogP contribution in [0.25, 0.3) is 94.2 Å². The van der Waals surface area contributed by atoms with E-state index in [2.05, 4.69) is 139 Å². The van der Waals surface area contributed by atoms with Gasteiger partial charge in [0, 0.05) is 48.1 Å². The summed E-state index contributed by atoms with van der Waals surface area (Å²) in [4.78, 5) is 6.31. The molecule has 0 aliphatic carbocycles. The van der Waals surface area contributed by atoms with Crippen molar-refractivity contribution in [3.8, 4) is 28.3 Å². The molecule has 0 saturated carbocycles. The molecule has 0 spiro atoms. The Bertz CT molecular complexity index is 2650. The van der Waals surface area contributed by atoms with E-state index >= 15 is 0 Å². The lowest BCUT2D eigenvalue weighted by Gasteiger charge is -2.09. The van der Waals surface area contributed by atoms with Gasteiger partial charge in [0.2, 0.25) is 5.89 Å². The van der Waals surface area contributed by atoms with Gasteiger partial charge in [0.25, 0.3) is 0 Å². The Balaban J connectivity index is 1.24. The zero-order valence-electron chi connectivity index (χ0n) is 25.2. The average Bonchev–Trinajstić information content (AvgIpc) is 3.79. The smallest absolute Gasteiger partial charge is 0.227 e. The van der Waals surface area contributed by atoms with Gasteiger partial charge in [-0.05, 0) is 71.8 Å². The first-order chi connectivity index (χ1) is 22.7. The predicted molar refractivity (Wildman–Crippen MR) is 197 cm³/mol. The van der Waals surface area contributed by atoms with E-state index in [0.717, 1.165) is 49.3 Å². The van der Waals surface area contributed by atoms with Crippen molar-refractivity contribution in [1.82, 2.24) is 9.55 Å². The fourth-order valence-electron chi connectivity index (χ4n) is 6.82. The van der Waals surface area contributed by atoms with Crippen LogP contribution in [0.4, 0.5) is 0 Å². The monoisotopic (exact) mass is 608 g/mol. The summed E-state index contributed by atoms with van der Waals surface area (Å²) in [6.45, 7) is 6.14. The number of aromatic nitrogens is 2. The minimum absolute atomic E-state index is 0.609. The third-order valence-electron chi connectivity index (χ3n) is 8.90. The van der Waals surface area contributed by atoms with Crippen LogP contribution in [0.5, 0.6) is 0 Å². The van der Waals surface area contributed by atoms with E-state index < -0.39 is 0 Å². The SMILES string of the molecule is C=Cc1sc2cc(-c3ccccc3)c3oc(-c4ccc(-n5c6ccccc6c6cc7ccccc7cc65)cc4)nc3c2c1/C=C\C. The van der Waals surface area contributed by atoms with Crippen molar-refractivity contribution >= 4 is 77.3 Å². The van der Waals surface area contributed by atoms with Gasteiger partial charge in [0.1, 0.15) is 5.52 Å². The van der Waals surface area contributed by atoms with Crippen LogP contribution in [0.2, 0.25) is 0 Å². The van der Waals surface area contributed by atoms with Gasteiger partial charge in [0.15, 0.2) is 5.58 Å². The van der Waals surface area contributed by atoms with Crippen molar-refractivity contribution in [1.29, 1.82) is 0 Å². The number of hydrogen-bond donors (Lipinski definition) is 0. The molecule has 0 N–H and O–H groups in total. The van der Waals surface area contributed by atoms with E-state index in [4.69, 9.17) is 9.40 Å². The molecule has 0 aliphatic rings. The molecule has 4 heteroatoms. The number of thiophene rings is 1. The number of oxazole rings is 1. The van der Waals surface area contributed by atoms with Gasteiger partial charge < -0.3 is 8.98 Å². The first-order valence-electron chi connectivity index (χ1n) is 15.4. The summed E-state index contributed by atoms with van der Waals surface area (Å²) in [6.07, 6.45) is 6.16. The van der Waals surface area contributed by atoms with E-state index in [1.807, 2.05) is 19.1 Å². The molecule has 0 atom stereocenters. The van der Waals surface area contributed by atoms with Gasteiger partial charge in [-0.25, -0.2) is 4.98 Å². The molecule has 0 aliphatic heterocycles. The molecule has 218 valence electrons. The van der Waals surface area contributed by atoms with Gasteiger partial charge in [-0.3, -0.25) is 0 Å². The Kier molecular flexibility index (Phi) is 6.05. The van der Waals surface area contributed by atoms with Crippen molar-refractivity contribution in [3.63, 3.8) is 0 Å². The van der Waals surface area contributed by atoms with E-state index in [9.17, 15) is 0 Å². The minimum Gasteiger partial charge on any atom is -0.435 e. The number of allylic oxidation sites excluding steroid dienone is 1. The summed E-state index contributed by atoms with van der Waals surface area (Å²) in [7, 11) is 0. The molecular weight excluding hydrogens is 581 g/mol. The lowest BCUT2D eigenvalue weighted by molar-refractivity contribution is 0.621. The van der Waals surface area contributed by atoms with Crippen LogP contribution in [-0.2, 0) is 0 Å². The summed E-state index contributed by atoms with van der Waals surface area (Å²) < 4.78 is 10.2. The van der Waals surface area contributed by atoms with Gasteiger partial charge in [-0.1, -0.05) is 97.6 Å². The molecule has 0 amide bonds. The van der Waals surface area contributed by atoms with E-state index in [0.29, 0.717) is 5.89 Å². The van der Waals surface area contributed by atoms with Crippen LogP contribution >= 0.6 is 11.3 Å². The van der Waals surface area contributed by atoms with Crippen LogP contribution < -0.4 is 0 Å². The van der Waals surface area contributed by atoms with Crippen molar-refractivity contribution in [2.75, 3.05) is 0 Å². The van der Waals surface area contributed by atoms with Gasteiger partial charge in [-0.2, -0.15) is 0 Å². The topological polar surface area (TPSA) is 31.0 Å². The highest BCUT2D eigenvalue weighted by Crippen LogP contribution is 2.44. The molecule has 3 nitrogen and oxygen atoms in total. The normalized spacial score (nSPS) is 12.0. The van der Waals surface area contributed by atoms with E-state index in [-0.39, 0.29) is 0 Å². The predicted octanol–water partition coefficient (Wildman–Crippen LogP) is 12.3. The molecule has 0 fully saturated rings. The van der Waals surface area contributed by atoms with Crippen molar-refractivity contribution in [3.05, 3.63) is 144 Å². The lowest BCUT2D eigenvalue weighted by Crippen LogP contribution is -1.93. The van der Waals surface area contributed by atoms with Gasteiger partial charge in [-0.15, -0.1) is 11.3 Å². The van der Waals surface area contributed by atoms with E-state index in [1.54, 1.807) is 11.3 Å². The third kappa shape index (κ3) is 4.01. The average molecular weight is 609 g/mol. The molecule has 0 radical (unpaired) electrons.